The highest BCUT2D eigenvalue weighted by atomic mass is 16.7. The fraction of sp³-hybridized carbons (Fsp3) is 0.531. The number of carbonyl (C=O) groups excluding carboxylic acids is 2. The number of ketones is 1. The van der Waals surface area contributed by atoms with Gasteiger partial charge in [0.25, 0.3) is 5.91 Å². The number of oxazole rings is 1. The molecule has 2 fully saturated rings. The fourth-order valence-corrected chi connectivity index (χ4v) is 5.80. The number of hydrogen-bond donors (Lipinski definition) is 2. The maximum atomic E-state index is 13.3. The van der Waals surface area contributed by atoms with Crippen LogP contribution in [0.3, 0.4) is 0 Å². The van der Waals surface area contributed by atoms with Crippen LogP contribution in [0.2, 0.25) is 0 Å². The van der Waals surface area contributed by atoms with Crippen molar-refractivity contribution in [2.75, 3.05) is 13.1 Å². The van der Waals surface area contributed by atoms with Crippen molar-refractivity contribution in [3.05, 3.63) is 48.1 Å². The first-order valence-electron chi connectivity index (χ1n) is 15.2. The predicted octanol–water partition coefficient (Wildman–Crippen LogP) is 5.75. The van der Waals surface area contributed by atoms with E-state index in [1.807, 2.05) is 19.1 Å². The third kappa shape index (κ3) is 6.50. The minimum Gasteiger partial charge on any atom is -0.438 e. The van der Waals surface area contributed by atoms with Gasteiger partial charge in [-0.05, 0) is 63.0 Å². The van der Waals surface area contributed by atoms with Crippen LogP contribution < -0.4 is 10.6 Å². The number of piperidine rings is 1. The molecule has 9 heteroatoms. The predicted molar refractivity (Wildman–Crippen MR) is 156 cm³/mol. The summed E-state index contributed by atoms with van der Waals surface area (Å²) in [6, 6.07) is 9.96. The van der Waals surface area contributed by atoms with E-state index in [-0.39, 0.29) is 17.3 Å². The molecular weight excluding hydrogens is 518 g/mol. The van der Waals surface area contributed by atoms with E-state index in [0.717, 1.165) is 61.7 Å². The second-order valence-electron chi connectivity index (χ2n) is 11.7. The Balaban J connectivity index is 1.15. The first-order valence-corrected chi connectivity index (χ1v) is 15.2. The molecule has 2 aliphatic heterocycles. The van der Waals surface area contributed by atoms with E-state index in [1.54, 1.807) is 6.20 Å². The van der Waals surface area contributed by atoms with Crippen LogP contribution in [0.5, 0.6) is 0 Å². The molecule has 6 rings (SSSR count). The lowest BCUT2D eigenvalue weighted by atomic mass is 9.87. The van der Waals surface area contributed by atoms with Crippen LogP contribution in [-0.4, -0.2) is 46.1 Å². The number of nitrogens with one attached hydrogen (secondary N) is 2. The molecule has 2 aromatic heterocycles. The van der Waals surface area contributed by atoms with E-state index in [0.29, 0.717) is 49.0 Å². The van der Waals surface area contributed by atoms with Gasteiger partial charge in [-0.15, -0.1) is 0 Å². The number of carbonyl (C=O) groups is 2. The smallest absolute Gasteiger partial charge is 0.269 e. The molecule has 2 N–H and O–H groups in total. The summed E-state index contributed by atoms with van der Waals surface area (Å²) in [6.45, 7) is 3.62. The Morgan fingerprint density at radius 3 is 2.78 bits per heavy atom. The maximum Gasteiger partial charge on any atom is 0.269 e. The van der Waals surface area contributed by atoms with Crippen LogP contribution >= 0.6 is 0 Å². The van der Waals surface area contributed by atoms with Gasteiger partial charge in [-0.3, -0.25) is 14.6 Å². The van der Waals surface area contributed by atoms with Crippen LogP contribution in [-0.2, 0) is 14.4 Å². The van der Waals surface area contributed by atoms with Gasteiger partial charge in [0, 0.05) is 54.7 Å². The number of pyridine rings is 1. The molecule has 9 nitrogen and oxygen atoms in total. The normalized spacial score (nSPS) is 18.7. The number of hydrogen-bond acceptors (Lipinski definition) is 8. The third-order valence-corrected chi connectivity index (χ3v) is 8.58. The molecule has 1 saturated carbocycles. The Morgan fingerprint density at radius 2 is 1.98 bits per heavy atom. The van der Waals surface area contributed by atoms with Gasteiger partial charge in [0.2, 0.25) is 5.89 Å². The number of benzene rings is 1. The molecule has 1 amide bonds. The van der Waals surface area contributed by atoms with Crippen molar-refractivity contribution < 1.29 is 18.8 Å². The minimum atomic E-state index is -0.409. The summed E-state index contributed by atoms with van der Waals surface area (Å²) in [5.74, 6) is 1.77. The van der Waals surface area contributed by atoms with E-state index in [9.17, 15) is 9.59 Å². The number of fused-ring (bicyclic) bond motifs is 1. The first-order chi connectivity index (χ1) is 20.0. The van der Waals surface area contributed by atoms with Gasteiger partial charge < -0.3 is 19.9 Å². The molecule has 216 valence electrons. The van der Waals surface area contributed by atoms with Gasteiger partial charge in [0.1, 0.15) is 23.1 Å². The summed E-state index contributed by atoms with van der Waals surface area (Å²) >= 11 is 0. The highest BCUT2D eigenvalue weighted by Crippen LogP contribution is 2.40. The monoisotopic (exact) mass is 557 g/mol. The molecule has 1 atom stereocenters. The molecule has 1 saturated heterocycles. The second-order valence-corrected chi connectivity index (χ2v) is 11.7. The lowest BCUT2D eigenvalue weighted by Gasteiger charge is -2.30. The molecule has 0 radical (unpaired) electrons. The highest BCUT2D eigenvalue weighted by Gasteiger charge is 2.42. The Hall–Kier alpha value is -3.59. The summed E-state index contributed by atoms with van der Waals surface area (Å²) in [6.07, 6.45) is 10.8. The molecule has 1 spiro atoms. The van der Waals surface area contributed by atoms with Gasteiger partial charge in [0.15, 0.2) is 5.76 Å². The largest absolute Gasteiger partial charge is 0.438 e. The van der Waals surface area contributed by atoms with Crippen molar-refractivity contribution >= 4 is 28.3 Å². The number of unbranched alkanes of at least 4 members (excludes halogenated alkanes) is 2. The van der Waals surface area contributed by atoms with E-state index < -0.39 is 6.04 Å². The Morgan fingerprint density at radius 1 is 1.12 bits per heavy atom. The fourth-order valence-electron chi connectivity index (χ4n) is 5.80. The van der Waals surface area contributed by atoms with Crippen LogP contribution in [0.1, 0.15) is 101 Å². The summed E-state index contributed by atoms with van der Waals surface area (Å²) in [4.78, 5) is 40.2. The molecule has 1 aromatic carbocycles. The van der Waals surface area contributed by atoms with Gasteiger partial charge in [-0.2, -0.15) is 0 Å². The van der Waals surface area contributed by atoms with E-state index in [4.69, 9.17) is 14.2 Å². The van der Waals surface area contributed by atoms with Gasteiger partial charge in [0.05, 0.1) is 11.7 Å². The lowest BCUT2D eigenvalue weighted by Crippen LogP contribution is -2.43. The van der Waals surface area contributed by atoms with Crippen molar-refractivity contribution in [2.24, 2.45) is 5.16 Å². The molecule has 0 bridgehead atoms. The standard InChI is InChI=1S/C32H39N5O4/c1-2-24(38)6-4-3-5-7-27(36-30(39)28-19-32(41-37-28)14-16-33-17-15-32)31-34-20-29(40-31)23-11-13-26-22(18-23)10-12-25(35-26)21-8-9-21/h10-13,18,20-21,27,33H,2-9,14-17,19H2,1H3,(H,36,39)/t27-/m0/s1. The summed E-state index contributed by atoms with van der Waals surface area (Å²) in [5, 5.41) is 11.7. The second kappa shape index (κ2) is 12.1. The molecule has 1 aliphatic carbocycles. The average molecular weight is 558 g/mol. The Bertz CT molecular complexity index is 1440. The zero-order valence-electron chi connectivity index (χ0n) is 23.8. The topological polar surface area (TPSA) is 119 Å². The van der Waals surface area contributed by atoms with Crippen molar-refractivity contribution in [1.29, 1.82) is 0 Å². The summed E-state index contributed by atoms with van der Waals surface area (Å²) < 4.78 is 6.26. The summed E-state index contributed by atoms with van der Waals surface area (Å²) in [5.41, 5.74) is 3.12. The van der Waals surface area contributed by atoms with Gasteiger partial charge >= 0.3 is 0 Å². The van der Waals surface area contributed by atoms with E-state index in [2.05, 4.69) is 39.0 Å². The summed E-state index contributed by atoms with van der Waals surface area (Å²) in [7, 11) is 0. The van der Waals surface area contributed by atoms with Crippen LogP contribution in [0, 0.1) is 0 Å². The number of nitrogens with zero attached hydrogens (tertiary/aromatic N) is 3. The number of amides is 1. The molecule has 41 heavy (non-hydrogen) atoms. The Kier molecular flexibility index (Phi) is 8.14. The lowest BCUT2D eigenvalue weighted by molar-refractivity contribution is -0.119. The molecule has 3 aliphatic rings. The van der Waals surface area contributed by atoms with Crippen LogP contribution in [0.4, 0.5) is 0 Å². The van der Waals surface area contributed by atoms with Crippen molar-refractivity contribution in [1.82, 2.24) is 20.6 Å². The Labute approximate surface area is 240 Å². The van der Waals surface area contributed by atoms with Gasteiger partial charge in [-0.25, -0.2) is 4.98 Å². The zero-order valence-corrected chi connectivity index (χ0v) is 23.8. The van der Waals surface area contributed by atoms with Crippen molar-refractivity contribution in [3.8, 4) is 11.3 Å². The van der Waals surface area contributed by atoms with Crippen molar-refractivity contribution in [2.45, 2.75) is 95.1 Å². The molecule has 0 unspecified atom stereocenters. The quantitative estimate of drug-likeness (QED) is 0.272. The number of aromatic nitrogens is 2. The molecular formula is C32H39N5O4. The number of Topliss-reactive ketones (excluding diaryl/α,β-unsaturated/α-hetero) is 1. The van der Waals surface area contributed by atoms with Crippen LogP contribution in [0.25, 0.3) is 22.2 Å². The first kappa shape index (κ1) is 27.6. The maximum absolute atomic E-state index is 13.3. The molecule has 4 heterocycles. The SMILES string of the molecule is CCC(=O)CCCCC[C@H](NC(=O)C1=NOC2(CCNCC2)C1)c1ncc(-c2ccc3nc(C4CC4)ccc3c2)o1. The van der Waals surface area contributed by atoms with Gasteiger partial charge in [-0.1, -0.05) is 31.0 Å². The highest BCUT2D eigenvalue weighted by molar-refractivity contribution is 6.39. The minimum absolute atomic E-state index is 0.241. The number of oxime groups is 1. The van der Waals surface area contributed by atoms with E-state index >= 15 is 0 Å². The number of rotatable bonds is 12. The zero-order chi connectivity index (χ0) is 28.2. The molecule has 3 aromatic rings. The van der Waals surface area contributed by atoms with E-state index in [1.165, 1.54) is 18.5 Å². The third-order valence-electron chi connectivity index (χ3n) is 8.58. The average Bonchev–Trinajstić information content (AvgIpc) is 3.60. The van der Waals surface area contributed by atoms with Crippen molar-refractivity contribution in [3.63, 3.8) is 0 Å². The van der Waals surface area contributed by atoms with Crippen LogP contribution in [0.15, 0.2) is 46.1 Å².